The highest BCUT2D eigenvalue weighted by molar-refractivity contribution is 5.29. The smallest absolute Gasteiger partial charge is 0.119 e. The number of aliphatic hydroxyl groups is 1. The Morgan fingerprint density at radius 1 is 1.33 bits per heavy atom. The Balaban J connectivity index is 1.62. The third-order valence-corrected chi connectivity index (χ3v) is 4.94. The third-order valence-electron chi connectivity index (χ3n) is 4.94. The van der Waals surface area contributed by atoms with Gasteiger partial charge in [0.1, 0.15) is 5.75 Å². The predicted octanol–water partition coefficient (Wildman–Crippen LogP) is 3.86. The zero-order valence-electron chi connectivity index (χ0n) is 12.9. The molecule has 116 valence electrons. The SMILES string of the molecule is CCCOc1ccc(C(O)C2CCOC3(CCC3)C2)cc1. The summed E-state index contributed by atoms with van der Waals surface area (Å²) in [5.41, 5.74) is 1.09. The van der Waals surface area contributed by atoms with Crippen LogP contribution in [0.4, 0.5) is 0 Å². The highest BCUT2D eigenvalue weighted by atomic mass is 16.5. The van der Waals surface area contributed by atoms with Gasteiger partial charge in [-0.05, 0) is 62.1 Å². The normalized spacial score (nSPS) is 25.3. The summed E-state index contributed by atoms with van der Waals surface area (Å²) in [6.07, 6.45) is 6.19. The molecule has 1 aliphatic carbocycles. The van der Waals surface area contributed by atoms with E-state index in [4.69, 9.17) is 9.47 Å². The maximum atomic E-state index is 10.7. The van der Waals surface area contributed by atoms with E-state index >= 15 is 0 Å². The molecule has 1 saturated heterocycles. The topological polar surface area (TPSA) is 38.7 Å². The molecule has 3 heteroatoms. The molecule has 2 unspecified atom stereocenters. The van der Waals surface area contributed by atoms with E-state index in [9.17, 15) is 5.11 Å². The first-order valence-electron chi connectivity index (χ1n) is 8.27. The van der Waals surface area contributed by atoms with Gasteiger partial charge in [0.15, 0.2) is 0 Å². The molecule has 2 aliphatic rings. The van der Waals surface area contributed by atoms with Crippen molar-refractivity contribution in [3.8, 4) is 5.75 Å². The fourth-order valence-electron chi connectivity index (χ4n) is 3.51. The van der Waals surface area contributed by atoms with E-state index in [-0.39, 0.29) is 11.7 Å². The monoisotopic (exact) mass is 290 g/mol. The van der Waals surface area contributed by atoms with Gasteiger partial charge in [-0.1, -0.05) is 19.1 Å². The van der Waals surface area contributed by atoms with E-state index in [0.29, 0.717) is 5.92 Å². The summed E-state index contributed by atoms with van der Waals surface area (Å²) in [6.45, 7) is 3.63. The van der Waals surface area contributed by atoms with Crippen LogP contribution < -0.4 is 4.74 Å². The molecule has 1 aliphatic heterocycles. The quantitative estimate of drug-likeness (QED) is 0.895. The summed E-state index contributed by atoms with van der Waals surface area (Å²) < 4.78 is 11.5. The first kappa shape index (κ1) is 14.9. The molecule has 1 saturated carbocycles. The molecular weight excluding hydrogens is 264 g/mol. The van der Waals surface area contributed by atoms with Crippen molar-refractivity contribution in [2.24, 2.45) is 5.92 Å². The van der Waals surface area contributed by atoms with Gasteiger partial charge in [-0.15, -0.1) is 0 Å². The van der Waals surface area contributed by atoms with Gasteiger partial charge in [-0.3, -0.25) is 0 Å². The fourth-order valence-corrected chi connectivity index (χ4v) is 3.51. The lowest BCUT2D eigenvalue weighted by atomic mass is 9.70. The lowest BCUT2D eigenvalue weighted by molar-refractivity contribution is -0.157. The van der Waals surface area contributed by atoms with Crippen molar-refractivity contribution in [1.29, 1.82) is 0 Å². The molecule has 0 amide bonds. The molecule has 0 radical (unpaired) electrons. The Labute approximate surface area is 127 Å². The van der Waals surface area contributed by atoms with Crippen LogP contribution in [0.5, 0.6) is 5.75 Å². The minimum Gasteiger partial charge on any atom is -0.494 e. The van der Waals surface area contributed by atoms with Crippen molar-refractivity contribution >= 4 is 0 Å². The van der Waals surface area contributed by atoms with Gasteiger partial charge < -0.3 is 14.6 Å². The number of aliphatic hydroxyl groups excluding tert-OH is 1. The number of ether oxygens (including phenoxy) is 2. The average Bonchev–Trinajstić information content (AvgIpc) is 2.51. The van der Waals surface area contributed by atoms with Crippen molar-refractivity contribution in [3.63, 3.8) is 0 Å². The van der Waals surface area contributed by atoms with Gasteiger partial charge in [-0.25, -0.2) is 0 Å². The number of hydrogen-bond donors (Lipinski definition) is 1. The highest BCUT2D eigenvalue weighted by Gasteiger charge is 2.44. The molecule has 1 aromatic carbocycles. The van der Waals surface area contributed by atoms with E-state index in [1.54, 1.807) is 0 Å². The van der Waals surface area contributed by atoms with Crippen molar-refractivity contribution in [1.82, 2.24) is 0 Å². The van der Waals surface area contributed by atoms with Gasteiger partial charge in [0, 0.05) is 6.61 Å². The summed E-state index contributed by atoms with van der Waals surface area (Å²) >= 11 is 0. The Kier molecular flexibility index (Phi) is 4.51. The molecule has 1 heterocycles. The third kappa shape index (κ3) is 3.24. The van der Waals surface area contributed by atoms with E-state index in [1.165, 1.54) is 19.3 Å². The van der Waals surface area contributed by atoms with Crippen molar-refractivity contribution in [3.05, 3.63) is 29.8 Å². The number of hydrogen-bond acceptors (Lipinski definition) is 3. The minimum atomic E-state index is -0.383. The van der Waals surface area contributed by atoms with Crippen molar-refractivity contribution < 1.29 is 14.6 Å². The molecule has 2 fully saturated rings. The largest absolute Gasteiger partial charge is 0.494 e. The van der Waals surface area contributed by atoms with E-state index in [0.717, 1.165) is 43.8 Å². The fraction of sp³-hybridized carbons (Fsp3) is 0.667. The number of rotatable bonds is 5. The van der Waals surface area contributed by atoms with Crippen LogP contribution in [0.1, 0.15) is 57.1 Å². The zero-order valence-corrected chi connectivity index (χ0v) is 12.9. The van der Waals surface area contributed by atoms with Gasteiger partial charge in [0.2, 0.25) is 0 Å². The summed E-state index contributed by atoms with van der Waals surface area (Å²) in [5.74, 6) is 1.21. The maximum Gasteiger partial charge on any atom is 0.119 e. The van der Waals surface area contributed by atoms with Crippen LogP contribution >= 0.6 is 0 Å². The standard InChI is InChI=1S/C18H26O3/c1-2-11-20-16-6-4-14(5-7-16)17(19)15-8-12-21-18(13-15)9-3-10-18/h4-7,15,17,19H,2-3,8-13H2,1H3. The Morgan fingerprint density at radius 3 is 2.71 bits per heavy atom. The summed E-state index contributed by atoms with van der Waals surface area (Å²) in [6, 6.07) is 7.93. The second kappa shape index (κ2) is 6.37. The van der Waals surface area contributed by atoms with Crippen molar-refractivity contribution in [2.45, 2.75) is 57.2 Å². The first-order chi connectivity index (χ1) is 10.2. The molecule has 0 bridgehead atoms. The van der Waals surface area contributed by atoms with Crippen LogP contribution in [0.15, 0.2) is 24.3 Å². The van der Waals surface area contributed by atoms with Gasteiger partial charge >= 0.3 is 0 Å². The molecule has 0 aromatic heterocycles. The molecule has 21 heavy (non-hydrogen) atoms. The van der Waals surface area contributed by atoms with Crippen LogP contribution in [0.3, 0.4) is 0 Å². The van der Waals surface area contributed by atoms with E-state index < -0.39 is 0 Å². The second-order valence-electron chi connectivity index (χ2n) is 6.50. The number of benzene rings is 1. The van der Waals surface area contributed by atoms with Gasteiger partial charge in [0.25, 0.3) is 0 Å². The molecule has 1 aromatic rings. The second-order valence-corrected chi connectivity index (χ2v) is 6.50. The average molecular weight is 290 g/mol. The van der Waals surface area contributed by atoms with Gasteiger partial charge in [-0.2, -0.15) is 0 Å². The zero-order chi connectivity index (χ0) is 14.7. The first-order valence-corrected chi connectivity index (χ1v) is 8.27. The van der Waals surface area contributed by atoms with Crippen LogP contribution in [0.2, 0.25) is 0 Å². The van der Waals surface area contributed by atoms with Gasteiger partial charge in [0.05, 0.1) is 18.3 Å². The summed E-state index contributed by atoms with van der Waals surface area (Å²) in [5, 5.41) is 10.7. The molecular formula is C18H26O3. The minimum absolute atomic E-state index is 0.0913. The van der Waals surface area contributed by atoms with Crippen LogP contribution in [0.25, 0.3) is 0 Å². The molecule has 1 spiro atoms. The Hall–Kier alpha value is -1.06. The van der Waals surface area contributed by atoms with E-state index in [1.807, 2.05) is 24.3 Å². The molecule has 3 rings (SSSR count). The van der Waals surface area contributed by atoms with Crippen molar-refractivity contribution in [2.75, 3.05) is 13.2 Å². The highest BCUT2D eigenvalue weighted by Crippen LogP contribution is 2.47. The molecule has 3 nitrogen and oxygen atoms in total. The van der Waals surface area contributed by atoms with E-state index in [2.05, 4.69) is 6.92 Å². The maximum absolute atomic E-state index is 10.7. The summed E-state index contributed by atoms with van der Waals surface area (Å²) in [4.78, 5) is 0. The lowest BCUT2D eigenvalue weighted by Gasteiger charge is -2.48. The van der Waals surface area contributed by atoms with Crippen LogP contribution in [-0.2, 0) is 4.74 Å². The molecule has 2 atom stereocenters. The van der Waals surface area contributed by atoms with Crippen LogP contribution in [-0.4, -0.2) is 23.9 Å². The Bertz CT molecular complexity index is 450. The summed E-state index contributed by atoms with van der Waals surface area (Å²) in [7, 11) is 0. The van der Waals surface area contributed by atoms with Crippen LogP contribution in [0, 0.1) is 5.92 Å². The lowest BCUT2D eigenvalue weighted by Crippen LogP contribution is -2.46. The molecule has 1 N–H and O–H groups in total. The predicted molar refractivity (Wildman–Crippen MR) is 82.4 cm³/mol. The Morgan fingerprint density at radius 2 is 2.10 bits per heavy atom.